The number of hydrogen-bond acceptors (Lipinski definition) is 4. The molecule has 0 aliphatic carbocycles. The number of carbonyl (C=O) groups is 1. The number of aromatic nitrogens is 4. The smallest absolute Gasteiger partial charge is 0.280 e. The van der Waals surface area contributed by atoms with Crippen LogP contribution in [0.4, 0.5) is 10.6 Å². The van der Waals surface area contributed by atoms with Crippen LogP contribution in [0.2, 0.25) is 0 Å². The highest BCUT2D eigenvalue weighted by Crippen LogP contribution is 2.13. The van der Waals surface area contributed by atoms with Gasteiger partial charge in [0.05, 0.1) is 5.52 Å². The number of amides is 1. The van der Waals surface area contributed by atoms with Gasteiger partial charge >= 0.3 is 6.03 Å². The number of nitrogens with zero attached hydrogens (tertiary/aromatic N) is 5. The van der Waals surface area contributed by atoms with E-state index in [9.17, 15) is 4.79 Å². The highest BCUT2D eigenvalue weighted by Gasteiger charge is 2.17. The van der Waals surface area contributed by atoms with E-state index in [1.54, 1.807) is 31.4 Å². The van der Waals surface area contributed by atoms with Gasteiger partial charge in [0.2, 0.25) is 0 Å². The summed E-state index contributed by atoms with van der Waals surface area (Å²) in [7, 11) is 1.65. The molecule has 0 spiro atoms. The number of anilines is 1. The van der Waals surface area contributed by atoms with Crippen LogP contribution in [0.3, 0.4) is 0 Å². The molecule has 0 bridgehead atoms. The molecule has 0 saturated heterocycles. The lowest BCUT2D eigenvalue weighted by molar-refractivity contribution is 0.246. The molecule has 94 valence electrons. The Balaban J connectivity index is 2.00. The van der Waals surface area contributed by atoms with E-state index in [0.717, 1.165) is 0 Å². The molecule has 19 heavy (non-hydrogen) atoms. The summed E-state index contributed by atoms with van der Waals surface area (Å²) in [6.07, 6.45) is 1.64. The maximum atomic E-state index is 12.4. The number of fused-ring (bicyclic) bond motifs is 1. The van der Waals surface area contributed by atoms with Crippen molar-refractivity contribution < 1.29 is 4.79 Å². The van der Waals surface area contributed by atoms with Crippen molar-refractivity contribution in [2.75, 3.05) is 11.9 Å². The van der Waals surface area contributed by atoms with E-state index in [1.165, 1.54) is 9.58 Å². The SMILES string of the molecule is CN(C(=O)n1nnc2ccccc21)c1ccccn1. The molecule has 6 heteroatoms. The van der Waals surface area contributed by atoms with Crippen molar-refractivity contribution >= 4 is 22.9 Å². The summed E-state index contributed by atoms with van der Waals surface area (Å²) in [4.78, 5) is 17.9. The molecule has 0 saturated carbocycles. The monoisotopic (exact) mass is 253 g/mol. The molecule has 0 aliphatic rings. The number of benzene rings is 1. The number of carbonyl (C=O) groups excluding carboxylic acids is 1. The Hall–Kier alpha value is -2.76. The van der Waals surface area contributed by atoms with Gasteiger partial charge < -0.3 is 0 Å². The van der Waals surface area contributed by atoms with Crippen LogP contribution in [0.5, 0.6) is 0 Å². The molecule has 0 radical (unpaired) electrons. The van der Waals surface area contributed by atoms with Crippen molar-refractivity contribution in [1.82, 2.24) is 20.0 Å². The zero-order valence-electron chi connectivity index (χ0n) is 10.3. The van der Waals surface area contributed by atoms with Crippen molar-refractivity contribution in [2.24, 2.45) is 0 Å². The first-order valence-electron chi connectivity index (χ1n) is 5.77. The topological polar surface area (TPSA) is 63.9 Å². The summed E-state index contributed by atoms with van der Waals surface area (Å²) < 4.78 is 1.27. The summed E-state index contributed by atoms with van der Waals surface area (Å²) in [5, 5.41) is 7.85. The standard InChI is InChI=1S/C13H11N5O/c1-17(12-8-4-5-9-14-12)13(19)18-11-7-3-2-6-10(11)15-16-18/h2-9H,1H3. The van der Waals surface area contributed by atoms with Crippen LogP contribution in [-0.4, -0.2) is 33.1 Å². The number of pyridine rings is 1. The number of rotatable bonds is 1. The van der Waals surface area contributed by atoms with E-state index in [2.05, 4.69) is 15.3 Å². The highest BCUT2D eigenvalue weighted by atomic mass is 16.2. The van der Waals surface area contributed by atoms with Gasteiger partial charge in [-0.25, -0.2) is 9.78 Å². The van der Waals surface area contributed by atoms with Gasteiger partial charge in [0.25, 0.3) is 0 Å². The minimum atomic E-state index is -0.299. The fourth-order valence-electron chi connectivity index (χ4n) is 1.80. The van der Waals surface area contributed by atoms with Gasteiger partial charge in [0, 0.05) is 13.2 Å². The third-order valence-electron chi connectivity index (χ3n) is 2.81. The van der Waals surface area contributed by atoms with Gasteiger partial charge in [-0.1, -0.05) is 23.4 Å². The minimum Gasteiger partial charge on any atom is -0.280 e. The van der Waals surface area contributed by atoms with E-state index in [1.807, 2.05) is 24.3 Å². The highest BCUT2D eigenvalue weighted by molar-refractivity contribution is 5.96. The molecule has 1 aromatic carbocycles. The maximum absolute atomic E-state index is 12.4. The molecule has 3 rings (SSSR count). The Kier molecular flexibility index (Phi) is 2.68. The van der Waals surface area contributed by atoms with E-state index < -0.39 is 0 Å². The fraction of sp³-hybridized carbons (Fsp3) is 0.0769. The Morgan fingerprint density at radius 2 is 1.95 bits per heavy atom. The predicted octanol–water partition coefficient (Wildman–Crippen LogP) is 1.93. The summed E-state index contributed by atoms with van der Waals surface area (Å²) in [6, 6.07) is 12.4. The third kappa shape index (κ3) is 1.93. The Morgan fingerprint density at radius 1 is 1.16 bits per heavy atom. The molecule has 0 aliphatic heterocycles. The molecule has 3 aromatic rings. The van der Waals surface area contributed by atoms with Crippen molar-refractivity contribution in [1.29, 1.82) is 0 Å². The molecule has 0 atom stereocenters. The van der Waals surface area contributed by atoms with Crippen LogP contribution >= 0.6 is 0 Å². The zero-order chi connectivity index (χ0) is 13.2. The summed E-state index contributed by atoms with van der Waals surface area (Å²) in [5.41, 5.74) is 1.36. The van der Waals surface area contributed by atoms with Gasteiger partial charge in [-0.15, -0.1) is 5.10 Å². The fourth-order valence-corrected chi connectivity index (χ4v) is 1.80. The first kappa shape index (κ1) is 11.3. The van der Waals surface area contributed by atoms with E-state index in [-0.39, 0.29) is 6.03 Å². The van der Waals surface area contributed by atoms with Crippen LogP contribution in [-0.2, 0) is 0 Å². The van der Waals surface area contributed by atoms with E-state index >= 15 is 0 Å². The second-order valence-corrected chi connectivity index (χ2v) is 4.02. The largest absolute Gasteiger partial charge is 0.352 e. The van der Waals surface area contributed by atoms with Crippen molar-refractivity contribution in [3.8, 4) is 0 Å². The average molecular weight is 253 g/mol. The van der Waals surface area contributed by atoms with Gasteiger partial charge in [0.1, 0.15) is 11.3 Å². The van der Waals surface area contributed by atoms with E-state index in [0.29, 0.717) is 16.9 Å². The van der Waals surface area contributed by atoms with Gasteiger partial charge in [-0.2, -0.15) is 4.68 Å². The summed E-state index contributed by atoms with van der Waals surface area (Å²) in [6.45, 7) is 0. The minimum absolute atomic E-state index is 0.299. The van der Waals surface area contributed by atoms with Crippen LogP contribution in [0.1, 0.15) is 0 Å². The molecule has 0 unspecified atom stereocenters. The van der Waals surface area contributed by atoms with Crippen molar-refractivity contribution in [3.63, 3.8) is 0 Å². The quantitative estimate of drug-likeness (QED) is 0.664. The van der Waals surface area contributed by atoms with Gasteiger partial charge in [-0.3, -0.25) is 4.90 Å². The molecule has 0 fully saturated rings. The van der Waals surface area contributed by atoms with Crippen LogP contribution < -0.4 is 4.90 Å². The molecular formula is C13H11N5O. The van der Waals surface area contributed by atoms with Crippen LogP contribution in [0.25, 0.3) is 11.0 Å². The van der Waals surface area contributed by atoms with Gasteiger partial charge in [-0.05, 0) is 24.3 Å². The predicted molar refractivity (Wildman–Crippen MR) is 71.0 cm³/mol. The van der Waals surface area contributed by atoms with E-state index in [4.69, 9.17) is 0 Å². The van der Waals surface area contributed by atoms with Crippen molar-refractivity contribution in [3.05, 3.63) is 48.7 Å². The Labute approximate surface area is 109 Å². The molecule has 2 heterocycles. The first-order valence-corrected chi connectivity index (χ1v) is 5.77. The lowest BCUT2D eigenvalue weighted by Crippen LogP contribution is -2.32. The maximum Gasteiger partial charge on any atom is 0.352 e. The Bertz CT molecular complexity index is 722. The number of hydrogen-bond donors (Lipinski definition) is 0. The zero-order valence-corrected chi connectivity index (χ0v) is 10.3. The lowest BCUT2D eigenvalue weighted by atomic mass is 10.3. The van der Waals surface area contributed by atoms with Crippen LogP contribution in [0.15, 0.2) is 48.7 Å². The molecule has 6 nitrogen and oxygen atoms in total. The first-order chi connectivity index (χ1) is 9.27. The third-order valence-corrected chi connectivity index (χ3v) is 2.81. The summed E-state index contributed by atoms with van der Waals surface area (Å²) in [5.74, 6) is 0.562. The summed E-state index contributed by atoms with van der Waals surface area (Å²) >= 11 is 0. The lowest BCUT2D eigenvalue weighted by Gasteiger charge is -2.15. The molecular weight excluding hydrogens is 242 g/mol. The van der Waals surface area contributed by atoms with Gasteiger partial charge in [0.15, 0.2) is 0 Å². The average Bonchev–Trinajstić information content (AvgIpc) is 2.90. The second kappa shape index (κ2) is 4.49. The second-order valence-electron chi connectivity index (χ2n) is 4.02. The number of para-hydroxylation sites is 1. The molecule has 0 N–H and O–H groups in total. The van der Waals surface area contributed by atoms with Crippen LogP contribution in [0, 0.1) is 0 Å². The normalized spacial score (nSPS) is 10.6. The molecule has 1 amide bonds. The Morgan fingerprint density at radius 3 is 2.74 bits per heavy atom. The molecule has 2 aromatic heterocycles. The van der Waals surface area contributed by atoms with Crippen molar-refractivity contribution in [2.45, 2.75) is 0 Å².